The summed E-state index contributed by atoms with van der Waals surface area (Å²) in [6, 6.07) is -1.35. The molecule has 28 heavy (non-hydrogen) atoms. The minimum atomic E-state index is -1.00. The average Bonchev–Trinajstić information content (AvgIpc) is 2.61. The molecule has 1 aliphatic rings. The van der Waals surface area contributed by atoms with Gasteiger partial charge in [0.15, 0.2) is 0 Å². The molecule has 3 N–H and O–H groups in total. The lowest BCUT2D eigenvalue weighted by molar-refractivity contribution is -0.140. The Morgan fingerprint density at radius 3 is 2.25 bits per heavy atom. The zero-order valence-electron chi connectivity index (χ0n) is 18.3. The average molecular weight is 396 g/mol. The Morgan fingerprint density at radius 2 is 1.82 bits per heavy atom. The van der Waals surface area contributed by atoms with Gasteiger partial charge in [0.1, 0.15) is 6.04 Å². The van der Waals surface area contributed by atoms with E-state index in [0.717, 1.165) is 25.8 Å². The molecule has 2 amide bonds. The van der Waals surface area contributed by atoms with Crippen LogP contribution in [0.4, 0.5) is 0 Å². The molecule has 160 valence electrons. The SMILES string of the molecule is C/C(=C\C(C(C)C)N(C)C(=O)C(NC(=O)C1CCCCN1)C(C)(C)C)C(=O)O. The van der Waals surface area contributed by atoms with Crippen molar-refractivity contribution in [2.45, 2.75) is 78.9 Å². The summed E-state index contributed by atoms with van der Waals surface area (Å²) < 4.78 is 0. The lowest BCUT2D eigenvalue weighted by atomic mass is 9.84. The van der Waals surface area contributed by atoms with E-state index >= 15 is 0 Å². The monoisotopic (exact) mass is 395 g/mol. The number of aliphatic carboxylic acids is 1. The van der Waals surface area contributed by atoms with E-state index in [9.17, 15) is 19.5 Å². The van der Waals surface area contributed by atoms with Crippen molar-refractivity contribution < 1.29 is 19.5 Å². The van der Waals surface area contributed by atoms with Crippen molar-refractivity contribution in [2.75, 3.05) is 13.6 Å². The Bertz CT molecular complexity index is 601. The van der Waals surface area contributed by atoms with Gasteiger partial charge in [-0.2, -0.15) is 0 Å². The normalized spacial score (nSPS) is 20.4. The second-order valence-corrected chi connectivity index (χ2v) is 9.15. The Morgan fingerprint density at radius 1 is 1.21 bits per heavy atom. The van der Waals surface area contributed by atoms with Gasteiger partial charge in [0.25, 0.3) is 0 Å². The fourth-order valence-electron chi connectivity index (χ4n) is 3.40. The number of likely N-dealkylation sites (N-methyl/N-ethyl adjacent to an activating group) is 1. The van der Waals surface area contributed by atoms with Gasteiger partial charge in [-0.1, -0.05) is 47.1 Å². The maximum Gasteiger partial charge on any atom is 0.331 e. The number of amides is 2. The number of hydrogen-bond acceptors (Lipinski definition) is 4. The molecule has 0 aromatic carbocycles. The van der Waals surface area contributed by atoms with Gasteiger partial charge < -0.3 is 20.6 Å². The number of carbonyl (C=O) groups excluding carboxylic acids is 2. The first-order valence-corrected chi connectivity index (χ1v) is 10.1. The molecule has 0 saturated carbocycles. The topological polar surface area (TPSA) is 98.7 Å². The zero-order valence-corrected chi connectivity index (χ0v) is 18.3. The van der Waals surface area contributed by atoms with Crippen LogP contribution in [0.1, 0.15) is 60.8 Å². The van der Waals surface area contributed by atoms with Crippen LogP contribution in [0.2, 0.25) is 0 Å². The van der Waals surface area contributed by atoms with Crippen molar-refractivity contribution in [2.24, 2.45) is 11.3 Å². The summed E-state index contributed by atoms with van der Waals surface area (Å²) in [6.07, 6.45) is 4.42. The molecule has 0 radical (unpaired) electrons. The summed E-state index contributed by atoms with van der Waals surface area (Å²) in [6.45, 7) is 12.0. The van der Waals surface area contributed by atoms with E-state index in [-0.39, 0.29) is 35.4 Å². The summed E-state index contributed by atoms with van der Waals surface area (Å²) >= 11 is 0. The molecule has 3 unspecified atom stereocenters. The van der Waals surface area contributed by atoms with Gasteiger partial charge in [0.05, 0.1) is 12.1 Å². The molecule has 0 aromatic heterocycles. The highest BCUT2D eigenvalue weighted by molar-refractivity contribution is 5.91. The summed E-state index contributed by atoms with van der Waals surface area (Å²) in [5.74, 6) is -1.35. The molecule has 7 heteroatoms. The number of carboxylic acids is 1. The van der Waals surface area contributed by atoms with E-state index in [2.05, 4.69) is 10.6 Å². The highest BCUT2D eigenvalue weighted by Gasteiger charge is 2.38. The molecule has 0 aromatic rings. The highest BCUT2D eigenvalue weighted by Crippen LogP contribution is 2.24. The zero-order chi connectivity index (χ0) is 21.6. The first-order valence-electron chi connectivity index (χ1n) is 10.1. The molecule has 1 aliphatic heterocycles. The van der Waals surface area contributed by atoms with Crippen molar-refractivity contribution in [3.63, 3.8) is 0 Å². The Balaban J connectivity index is 3.05. The van der Waals surface area contributed by atoms with Crippen LogP contribution in [-0.2, 0) is 14.4 Å². The third kappa shape index (κ3) is 6.62. The second kappa shape index (κ2) is 10.0. The van der Waals surface area contributed by atoms with Gasteiger partial charge in [-0.3, -0.25) is 9.59 Å². The number of carboxylic acid groups (broad SMARTS) is 1. The van der Waals surface area contributed by atoms with E-state index in [1.165, 1.54) is 6.92 Å². The van der Waals surface area contributed by atoms with E-state index in [1.54, 1.807) is 18.0 Å². The molecule has 1 saturated heterocycles. The fourth-order valence-corrected chi connectivity index (χ4v) is 3.40. The van der Waals surface area contributed by atoms with E-state index in [4.69, 9.17) is 0 Å². The van der Waals surface area contributed by atoms with Gasteiger partial charge >= 0.3 is 5.97 Å². The predicted octanol–water partition coefficient (Wildman–Crippen LogP) is 2.17. The Labute approximate surface area is 168 Å². The fraction of sp³-hybridized carbons (Fsp3) is 0.762. The Kier molecular flexibility index (Phi) is 8.67. The van der Waals surface area contributed by atoms with Crippen LogP contribution in [-0.4, -0.2) is 59.5 Å². The third-order valence-corrected chi connectivity index (χ3v) is 5.26. The number of nitrogens with zero attached hydrogens (tertiary/aromatic N) is 1. The maximum absolute atomic E-state index is 13.3. The molecule has 1 rings (SSSR count). The second-order valence-electron chi connectivity index (χ2n) is 9.15. The van der Waals surface area contributed by atoms with E-state index < -0.39 is 17.4 Å². The van der Waals surface area contributed by atoms with Gasteiger partial charge in [-0.25, -0.2) is 4.79 Å². The van der Waals surface area contributed by atoms with Crippen LogP contribution in [0.25, 0.3) is 0 Å². The largest absolute Gasteiger partial charge is 0.478 e. The van der Waals surface area contributed by atoms with E-state index in [0.29, 0.717) is 0 Å². The number of carbonyl (C=O) groups is 3. The maximum atomic E-state index is 13.3. The van der Waals surface area contributed by atoms with Crippen molar-refractivity contribution >= 4 is 17.8 Å². The van der Waals surface area contributed by atoms with Crippen LogP contribution in [0.15, 0.2) is 11.6 Å². The van der Waals surface area contributed by atoms with Crippen LogP contribution >= 0.6 is 0 Å². The van der Waals surface area contributed by atoms with Crippen molar-refractivity contribution in [3.8, 4) is 0 Å². The standard InChI is InChI=1S/C21H37N3O4/c1-13(2)16(12-14(3)20(27)28)24(7)19(26)17(21(4,5)6)23-18(25)15-10-8-9-11-22-15/h12-13,15-17,22H,8-11H2,1-7H3,(H,23,25)(H,27,28)/b14-12+. The van der Waals surface area contributed by atoms with Gasteiger partial charge in [-0.15, -0.1) is 0 Å². The lowest BCUT2D eigenvalue weighted by Gasteiger charge is -2.38. The number of piperidine rings is 1. The molecular weight excluding hydrogens is 358 g/mol. The summed E-state index contributed by atoms with van der Waals surface area (Å²) in [7, 11) is 1.67. The van der Waals surface area contributed by atoms with Crippen LogP contribution in [0, 0.1) is 11.3 Å². The summed E-state index contributed by atoms with van der Waals surface area (Å²) in [5.41, 5.74) is -0.288. The first kappa shape index (κ1) is 24.1. The van der Waals surface area contributed by atoms with Crippen molar-refractivity contribution in [1.29, 1.82) is 0 Å². The molecular formula is C21H37N3O4. The van der Waals surface area contributed by atoms with Crippen LogP contribution < -0.4 is 10.6 Å². The number of rotatable bonds is 7. The van der Waals surface area contributed by atoms with Crippen molar-refractivity contribution in [1.82, 2.24) is 15.5 Å². The molecule has 7 nitrogen and oxygen atoms in total. The molecule has 1 fully saturated rings. The molecule has 0 spiro atoms. The number of nitrogens with one attached hydrogen (secondary N) is 2. The van der Waals surface area contributed by atoms with Gasteiger partial charge in [0, 0.05) is 12.6 Å². The summed E-state index contributed by atoms with van der Waals surface area (Å²) in [4.78, 5) is 38.8. The first-order chi connectivity index (χ1) is 12.9. The molecule has 0 aliphatic carbocycles. The number of hydrogen-bond donors (Lipinski definition) is 3. The molecule has 1 heterocycles. The van der Waals surface area contributed by atoms with Crippen LogP contribution in [0.5, 0.6) is 0 Å². The molecule has 0 bridgehead atoms. The minimum absolute atomic E-state index is 0.0274. The Hall–Kier alpha value is -1.89. The van der Waals surface area contributed by atoms with Gasteiger partial charge in [-0.05, 0) is 37.6 Å². The third-order valence-electron chi connectivity index (χ3n) is 5.26. The minimum Gasteiger partial charge on any atom is -0.478 e. The van der Waals surface area contributed by atoms with E-state index in [1.807, 2.05) is 34.6 Å². The van der Waals surface area contributed by atoms with Gasteiger partial charge in [0.2, 0.25) is 11.8 Å². The lowest BCUT2D eigenvalue weighted by Crippen LogP contribution is -2.59. The molecule has 3 atom stereocenters. The quantitative estimate of drug-likeness (QED) is 0.574. The highest BCUT2D eigenvalue weighted by atomic mass is 16.4. The van der Waals surface area contributed by atoms with Crippen LogP contribution in [0.3, 0.4) is 0 Å². The predicted molar refractivity (Wildman–Crippen MR) is 110 cm³/mol. The smallest absolute Gasteiger partial charge is 0.331 e. The summed E-state index contributed by atoms with van der Waals surface area (Å²) in [5, 5.41) is 15.4. The van der Waals surface area contributed by atoms with Crippen molar-refractivity contribution in [3.05, 3.63) is 11.6 Å².